The minimum atomic E-state index is -0.0630. The Morgan fingerprint density at radius 1 is 0.889 bits per heavy atom. The molecule has 0 spiro atoms. The number of ether oxygens (including phenoxy) is 1. The molecule has 0 radical (unpaired) electrons. The maximum Gasteiger partial charge on any atom is 0.255 e. The Morgan fingerprint density at radius 3 is 2.36 bits per heavy atom. The quantitative estimate of drug-likeness (QED) is 0.295. The van der Waals surface area contributed by atoms with E-state index in [1.165, 1.54) is 0 Å². The first-order valence-electron chi connectivity index (χ1n) is 11.8. The van der Waals surface area contributed by atoms with Gasteiger partial charge in [-0.1, -0.05) is 47.6 Å². The number of hydrogen-bond donors (Lipinski definition) is 0. The van der Waals surface area contributed by atoms with E-state index in [0.29, 0.717) is 6.54 Å². The average molecular weight is 476 g/mol. The number of benzene rings is 3. The summed E-state index contributed by atoms with van der Waals surface area (Å²) >= 11 is 0. The topological polar surface area (TPSA) is 62.2 Å². The molecule has 36 heavy (non-hydrogen) atoms. The van der Waals surface area contributed by atoms with Crippen molar-refractivity contribution in [3.8, 4) is 22.6 Å². The molecular formula is C30H25N3O3. The lowest BCUT2D eigenvalue weighted by Crippen LogP contribution is -2.17. The van der Waals surface area contributed by atoms with Crippen LogP contribution in [-0.4, -0.2) is 21.4 Å². The number of methoxy groups -OCH3 is 1. The predicted octanol–water partition coefficient (Wildman–Crippen LogP) is 6.27. The zero-order valence-corrected chi connectivity index (χ0v) is 20.4. The fourth-order valence-electron chi connectivity index (χ4n) is 5.06. The molecule has 0 bridgehead atoms. The van der Waals surface area contributed by atoms with Crippen molar-refractivity contribution in [2.45, 2.75) is 20.4 Å². The Hall–Kier alpha value is -4.58. The highest BCUT2D eigenvalue weighted by Crippen LogP contribution is 2.35. The fraction of sp³-hybridized carbons (Fsp3) is 0.133. The average Bonchev–Trinajstić information content (AvgIpc) is 3.40. The normalized spacial score (nSPS) is 11.4. The smallest absolute Gasteiger partial charge is 0.255 e. The molecule has 0 fully saturated rings. The van der Waals surface area contributed by atoms with E-state index in [4.69, 9.17) is 9.26 Å². The lowest BCUT2D eigenvalue weighted by Gasteiger charge is -2.11. The zero-order valence-electron chi connectivity index (χ0n) is 20.4. The van der Waals surface area contributed by atoms with Gasteiger partial charge in [0, 0.05) is 29.2 Å². The third-order valence-corrected chi connectivity index (χ3v) is 6.74. The minimum Gasteiger partial charge on any atom is -0.497 e. The molecule has 3 aromatic heterocycles. The van der Waals surface area contributed by atoms with Crippen LogP contribution in [0.3, 0.4) is 0 Å². The van der Waals surface area contributed by atoms with Crippen LogP contribution in [0.2, 0.25) is 0 Å². The number of aromatic nitrogens is 3. The third-order valence-electron chi connectivity index (χ3n) is 6.74. The molecule has 6 heteroatoms. The second-order valence-electron chi connectivity index (χ2n) is 8.94. The van der Waals surface area contributed by atoms with Crippen molar-refractivity contribution in [3.63, 3.8) is 0 Å². The summed E-state index contributed by atoms with van der Waals surface area (Å²) in [5, 5.41) is 5.16. The number of nitrogens with zero attached hydrogens (tertiary/aromatic N) is 3. The SMILES string of the molecule is COc1ccc(Cn2c3cc(-c4c(C)noc4C)ccc3c3c2ccc(=O)n3-c2ccccc2)cc1. The van der Waals surface area contributed by atoms with Crippen molar-refractivity contribution in [2.75, 3.05) is 7.11 Å². The van der Waals surface area contributed by atoms with Gasteiger partial charge in [0.25, 0.3) is 5.56 Å². The number of para-hydroxylation sites is 1. The van der Waals surface area contributed by atoms with Crippen LogP contribution < -0.4 is 10.3 Å². The van der Waals surface area contributed by atoms with E-state index in [1.54, 1.807) is 17.7 Å². The van der Waals surface area contributed by atoms with Crippen LogP contribution in [0.15, 0.2) is 94.2 Å². The number of pyridine rings is 1. The number of aryl methyl sites for hydroxylation is 2. The van der Waals surface area contributed by atoms with Crippen molar-refractivity contribution >= 4 is 21.9 Å². The summed E-state index contributed by atoms with van der Waals surface area (Å²) < 4.78 is 14.9. The van der Waals surface area contributed by atoms with Crippen LogP contribution in [0.4, 0.5) is 0 Å². The summed E-state index contributed by atoms with van der Waals surface area (Å²) in [6, 6.07) is 27.8. The fourth-order valence-corrected chi connectivity index (χ4v) is 5.06. The number of rotatable bonds is 5. The summed E-state index contributed by atoms with van der Waals surface area (Å²) in [4.78, 5) is 13.2. The molecule has 0 amide bonds. The molecule has 0 aliphatic heterocycles. The van der Waals surface area contributed by atoms with Crippen molar-refractivity contribution in [1.82, 2.24) is 14.3 Å². The van der Waals surface area contributed by atoms with Crippen molar-refractivity contribution in [1.29, 1.82) is 0 Å². The van der Waals surface area contributed by atoms with Gasteiger partial charge < -0.3 is 13.8 Å². The van der Waals surface area contributed by atoms with Crippen LogP contribution in [0, 0.1) is 13.8 Å². The zero-order chi connectivity index (χ0) is 24.8. The van der Waals surface area contributed by atoms with Crippen LogP contribution in [0.5, 0.6) is 5.75 Å². The first-order valence-corrected chi connectivity index (χ1v) is 11.8. The van der Waals surface area contributed by atoms with E-state index in [2.05, 4.69) is 40.1 Å². The molecule has 0 aliphatic rings. The first-order chi connectivity index (χ1) is 17.5. The number of hydrogen-bond acceptors (Lipinski definition) is 4. The molecule has 0 N–H and O–H groups in total. The van der Waals surface area contributed by atoms with Crippen LogP contribution >= 0.6 is 0 Å². The van der Waals surface area contributed by atoms with E-state index in [0.717, 1.165) is 61.5 Å². The Kier molecular flexibility index (Phi) is 5.22. The molecular weight excluding hydrogens is 450 g/mol. The highest BCUT2D eigenvalue weighted by molar-refractivity contribution is 6.08. The molecule has 6 rings (SSSR count). The van der Waals surface area contributed by atoms with Gasteiger partial charge in [-0.15, -0.1) is 0 Å². The standard InChI is InChI=1S/C30H25N3O3/c1-19-29(20(2)36-31-19)22-11-14-25-27(17-22)32(18-21-9-12-24(35-3)13-10-21)26-15-16-28(34)33(30(25)26)23-7-5-4-6-8-23/h4-17H,18H2,1-3H3. The van der Waals surface area contributed by atoms with Gasteiger partial charge in [-0.05, 0) is 61.4 Å². The molecule has 3 aromatic carbocycles. The lowest BCUT2D eigenvalue weighted by atomic mass is 10.0. The Bertz CT molecular complexity index is 1760. The van der Waals surface area contributed by atoms with Gasteiger partial charge in [-0.2, -0.15) is 0 Å². The lowest BCUT2D eigenvalue weighted by molar-refractivity contribution is 0.393. The van der Waals surface area contributed by atoms with Gasteiger partial charge in [-0.25, -0.2) is 0 Å². The predicted molar refractivity (Wildman–Crippen MR) is 142 cm³/mol. The molecule has 0 unspecified atom stereocenters. The van der Waals surface area contributed by atoms with Gasteiger partial charge in [0.15, 0.2) is 0 Å². The maximum atomic E-state index is 13.2. The first kappa shape index (κ1) is 21.9. The van der Waals surface area contributed by atoms with Gasteiger partial charge in [-0.3, -0.25) is 9.36 Å². The van der Waals surface area contributed by atoms with E-state index in [1.807, 2.05) is 62.4 Å². The van der Waals surface area contributed by atoms with Gasteiger partial charge in [0.05, 0.1) is 29.4 Å². The van der Waals surface area contributed by atoms with Gasteiger partial charge in [0.2, 0.25) is 0 Å². The highest BCUT2D eigenvalue weighted by atomic mass is 16.5. The van der Waals surface area contributed by atoms with E-state index in [-0.39, 0.29) is 5.56 Å². The molecule has 6 aromatic rings. The number of fused-ring (bicyclic) bond motifs is 3. The van der Waals surface area contributed by atoms with E-state index in [9.17, 15) is 4.79 Å². The maximum absolute atomic E-state index is 13.2. The van der Waals surface area contributed by atoms with E-state index < -0.39 is 0 Å². The monoisotopic (exact) mass is 475 g/mol. The molecule has 0 saturated carbocycles. The van der Waals surface area contributed by atoms with E-state index >= 15 is 0 Å². The molecule has 6 nitrogen and oxygen atoms in total. The largest absolute Gasteiger partial charge is 0.497 e. The Labute approximate surface area is 208 Å². The van der Waals surface area contributed by atoms with Gasteiger partial charge in [0.1, 0.15) is 11.5 Å². The Morgan fingerprint density at radius 2 is 1.67 bits per heavy atom. The summed E-state index contributed by atoms with van der Waals surface area (Å²) in [5.41, 5.74) is 7.71. The van der Waals surface area contributed by atoms with Crippen LogP contribution in [0.1, 0.15) is 17.0 Å². The summed E-state index contributed by atoms with van der Waals surface area (Å²) in [6.45, 7) is 4.53. The van der Waals surface area contributed by atoms with Crippen LogP contribution in [0.25, 0.3) is 38.8 Å². The molecule has 178 valence electrons. The molecule has 0 atom stereocenters. The molecule has 0 saturated heterocycles. The van der Waals surface area contributed by atoms with Crippen molar-refractivity contribution < 1.29 is 9.26 Å². The van der Waals surface area contributed by atoms with Crippen molar-refractivity contribution in [2.24, 2.45) is 0 Å². The third kappa shape index (κ3) is 3.50. The summed E-state index contributed by atoms with van der Waals surface area (Å²) in [6.07, 6.45) is 0. The highest BCUT2D eigenvalue weighted by Gasteiger charge is 2.19. The molecule has 3 heterocycles. The second kappa shape index (κ2) is 8.57. The molecule has 0 aliphatic carbocycles. The van der Waals surface area contributed by atoms with Crippen molar-refractivity contribution in [3.05, 3.63) is 112 Å². The van der Waals surface area contributed by atoms with Gasteiger partial charge >= 0.3 is 0 Å². The summed E-state index contributed by atoms with van der Waals surface area (Å²) in [5.74, 6) is 1.60. The Balaban J connectivity index is 1.67. The minimum absolute atomic E-state index is 0.0630. The second-order valence-corrected chi connectivity index (χ2v) is 8.94. The van der Waals surface area contributed by atoms with Crippen LogP contribution in [-0.2, 0) is 6.54 Å². The summed E-state index contributed by atoms with van der Waals surface area (Å²) in [7, 11) is 1.67.